The maximum atomic E-state index is 8.52. The molecule has 0 aromatic carbocycles. The van der Waals surface area contributed by atoms with Gasteiger partial charge in [-0.15, -0.1) is 0 Å². The first-order valence-electron chi connectivity index (χ1n) is 2.70. The maximum absolute atomic E-state index is 8.52. The van der Waals surface area contributed by atoms with Crippen LogP contribution in [0.2, 0.25) is 0 Å². The zero-order chi connectivity index (χ0) is 6.69. The number of imidazole rings is 1. The number of rotatable bonds is 2. The lowest BCUT2D eigenvalue weighted by Gasteiger charge is -2.01. The molecule has 0 aliphatic rings. The fourth-order valence-electron chi connectivity index (χ4n) is 0.567. The van der Waals surface area contributed by atoms with E-state index in [1.807, 2.05) is 0 Å². The third kappa shape index (κ3) is 1.28. The molecule has 4 heteroatoms. The molecule has 1 unspecified atom stereocenters. The molecule has 0 radical (unpaired) electrons. The van der Waals surface area contributed by atoms with Gasteiger partial charge in [0, 0.05) is 12.4 Å². The Balaban J connectivity index is 2.65. The minimum atomic E-state index is -0.375. The van der Waals surface area contributed by atoms with Crippen molar-refractivity contribution in [2.75, 3.05) is 6.61 Å². The molecular weight excluding hydrogens is 118 g/mol. The van der Waals surface area contributed by atoms with Crippen molar-refractivity contribution in [1.29, 1.82) is 0 Å². The van der Waals surface area contributed by atoms with E-state index in [4.69, 9.17) is 10.8 Å². The van der Waals surface area contributed by atoms with Crippen LogP contribution < -0.4 is 5.73 Å². The molecular formula is C5H9N3O. The smallest absolute Gasteiger partial charge is 0.125 e. The average Bonchev–Trinajstić information content (AvgIpc) is 2.37. The van der Waals surface area contributed by atoms with Gasteiger partial charge in [0.25, 0.3) is 0 Å². The van der Waals surface area contributed by atoms with Gasteiger partial charge in [0.1, 0.15) is 5.82 Å². The Hall–Kier alpha value is -0.870. The Morgan fingerprint density at radius 1 is 1.89 bits per heavy atom. The van der Waals surface area contributed by atoms with E-state index in [0.717, 1.165) is 0 Å². The van der Waals surface area contributed by atoms with Crippen LogP contribution in [-0.4, -0.2) is 21.7 Å². The zero-order valence-corrected chi connectivity index (χ0v) is 4.91. The van der Waals surface area contributed by atoms with Crippen LogP contribution in [0.15, 0.2) is 12.4 Å². The number of nitrogens with two attached hydrogens (primary N) is 1. The van der Waals surface area contributed by atoms with E-state index in [1.54, 1.807) is 12.4 Å². The molecule has 1 heterocycles. The molecule has 4 N–H and O–H groups in total. The van der Waals surface area contributed by atoms with Crippen molar-refractivity contribution in [3.8, 4) is 0 Å². The van der Waals surface area contributed by atoms with Crippen molar-refractivity contribution < 1.29 is 5.11 Å². The number of nitrogens with one attached hydrogen (secondary N) is 1. The summed E-state index contributed by atoms with van der Waals surface area (Å²) in [5, 5.41) is 8.52. The third-order valence-corrected chi connectivity index (χ3v) is 1.07. The predicted octanol–water partition coefficient (Wildman–Crippen LogP) is -0.598. The summed E-state index contributed by atoms with van der Waals surface area (Å²) in [5.41, 5.74) is 5.39. The predicted molar refractivity (Wildman–Crippen MR) is 32.6 cm³/mol. The molecule has 1 atom stereocenters. The van der Waals surface area contributed by atoms with Crippen molar-refractivity contribution in [1.82, 2.24) is 9.97 Å². The summed E-state index contributed by atoms with van der Waals surface area (Å²) in [6.07, 6.45) is 3.27. The van der Waals surface area contributed by atoms with E-state index < -0.39 is 0 Å². The van der Waals surface area contributed by atoms with Crippen molar-refractivity contribution >= 4 is 0 Å². The number of aromatic amines is 1. The first-order valence-corrected chi connectivity index (χ1v) is 2.70. The lowest BCUT2D eigenvalue weighted by molar-refractivity contribution is 0.264. The molecule has 9 heavy (non-hydrogen) atoms. The van der Waals surface area contributed by atoms with Crippen molar-refractivity contribution in [3.05, 3.63) is 18.2 Å². The molecule has 50 valence electrons. The second-order valence-corrected chi connectivity index (χ2v) is 1.76. The fourth-order valence-corrected chi connectivity index (χ4v) is 0.567. The summed E-state index contributed by atoms with van der Waals surface area (Å²) in [5.74, 6) is 0.623. The fraction of sp³-hybridized carbons (Fsp3) is 0.400. The number of aromatic nitrogens is 2. The molecule has 0 saturated heterocycles. The number of aliphatic hydroxyl groups is 1. The van der Waals surface area contributed by atoms with E-state index in [9.17, 15) is 0 Å². The van der Waals surface area contributed by atoms with Gasteiger partial charge in [0.05, 0.1) is 12.6 Å². The van der Waals surface area contributed by atoms with Crippen LogP contribution in [-0.2, 0) is 0 Å². The van der Waals surface area contributed by atoms with Gasteiger partial charge < -0.3 is 15.8 Å². The normalized spacial score (nSPS) is 13.6. The zero-order valence-electron chi connectivity index (χ0n) is 4.91. The highest BCUT2D eigenvalue weighted by Gasteiger charge is 2.03. The second kappa shape index (κ2) is 2.61. The molecule has 1 aromatic heterocycles. The standard InChI is InChI=1S/C5H9N3O/c6-4(3-9)5-7-1-2-8-5/h1-2,4,9H,3,6H2,(H,7,8). The van der Waals surface area contributed by atoms with E-state index in [-0.39, 0.29) is 12.6 Å². The van der Waals surface area contributed by atoms with Crippen LogP contribution in [0.25, 0.3) is 0 Å². The monoisotopic (exact) mass is 127 g/mol. The van der Waals surface area contributed by atoms with Gasteiger partial charge in [-0.1, -0.05) is 0 Å². The summed E-state index contributed by atoms with van der Waals surface area (Å²) in [6.45, 7) is -0.0759. The third-order valence-electron chi connectivity index (χ3n) is 1.07. The molecule has 0 bridgehead atoms. The van der Waals surface area contributed by atoms with Crippen molar-refractivity contribution in [3.63, 3.8) is 0 Å². The number of hydrogen-bond acceptors (Lipinski definition) is 3. The summed E-state index contributed by atoms with van der Waals surface area (Å²) < 4.78 is 0. The van der Waals surface area contributed by atoms with Crippen LogP contribution in [0, 0.1) is 0 Å². The van der Waals surface area contributed by atoms with Gasteiger partial charge in [-0.25, -0.2) is 4.98 Å². The van der Waals surface area contributed by atoms with Crippen LogP contribution in [0.5, 0.6) is 0 Å². The van der Waals surface area contributed by atoms with Crippen molar-refractivity contribution in [2.24, 2.45) is 5.73 Å². The van der Waals surface area contributed by atoms with Crippen LogP contribution in [0.1, 0.15) is 11.9 Å². The van der Waals surface area contributed by atoms with Crippen LogP contribution in [0.4, 0.5) is 0 Å². The molecule has 0 saturated carbocycles. The van der Waals surface area contributed by atoms with Gasteiger partial charge >= 0.3 is 0 Å². The summed E-state index contributed by atoms with van der Waals surface area (Å²) in [6, 6.07) is -0.375. The molecule has 0 aliphatic heterocycles. The maximum Gasteiger partial charge on any atom is 0.125 e. The second-order valence-electron chi connectivity index (χ2n) is 1.76. The number of aliphatic hydroxyl groups excluding tert-OH is 1. The average molecular weight is 127 g/mol. The van der Waals surface area contributed by atoms with Crippen LogP contribution >= 0.6 is 0 Å². The molecule has 4 nitrogen and oxygen atoms in total. The largest absolute Gasteiger partial charge is 0.394 e. The SMILES string of the molecule is NC(CO)c1ncc[nH]1. The highest BCUT2D eigenvalue weighted by atomic mass is 16.3. The van der Waals surface area contributed by atoms with Gasteiger partial charge in [-0.2, -0.15) is 0 Å². The Morgan fingerprint density at radius 2 is 2.67 bits per heavy atom. The Kier molecular flexibility index (Phi) is 1.81. The lowest BCUT2D eigenvalue weighted by atomic mass is 10.3. The molecule has 0 aliphatic carbocycles. The van der Waals surface area contributed by atoms with E-state index in [0.29, 0.717) is 5.82 Å². The first-order chi connectivity index (χ1) is 4.34. The van der Waals surface area contributed by atoms with Gasteiger partial charge in [-0.3, -0.25) is 0 Å². The lowest BCUT2D eigenvalue weighted by Crippen LogP contribution is -2.15. The Bertz CT molecular complexity index is 161. The highest BCUT2D eigenvalue weighted by molar-refractivity contribution is 4.93. The van der Waals surface area contributed by atoms with E-state index in [1.165, 1.54) is 0 Å². The number of hydrogen-bond donors (Lipinski definition) is 3. The molecule has 0 amide bonds. The van der Waals surface area contributed by atoms with E-state index in [2.05, 4.69) is 9.97 Å². The van der Waals surface area contributed by atoms with E-state index >= 15 is 0 Å². The minimum Gasteiger partial charge on any atom is -0.394 e. The highest BCUT2D eigenvalue weighted by Crippen LogP contribution is 1.99. The number of nitrogens with zero attached hydrogens (tertiary/aromatic N) is 1. The Labute approximate surface area is 52.7 Å². The summed E-state index contributed by atoms with van der Waals surface area (Å²) in [4.78, 5) is 6.64. The molecule has 1 rings (SSSR count). The molecule has 0 spiro atoms. The van der Waals surface area contributed by atoms with Crippen LogP contribution in [0.3, 0.4) is 0 Å². The first kappa shape index (κ1) is 6.25. The quantitative estimate of drug-likeness (QED) is 0.496. The topological polar surface area (TPSA) is 74.9 Å². The molecule has 0 fully saturated rings. The van der Waals surface area contributed by atoms with Gasteiger partial charge in [0.15, 0.2) is 0 Å². The van der Waals surface area contributed by atoms with Gasteiger partial charge in [0.2, 0.25) is 0 Å². The molecule has 1 aromatic rings. The Morgan fingerprint density at radius 3 is 3.11 bits per heavy atom. The minimum absolute atomic E-state index is 0.0759. The van der Waals surface area contributed by atoms with Crippen molar-refractivity contribution in [2.45, 2.75) is 6.04 Å². The number of H-pyrrole nitrogens is 1. The summed E-state index contributed by atoms with van der Waals surface area (Å²) >= 11 is 0. The summed E-state index contributed by atoms with van der Waals surface area (Å²) in [7, 11) is 0. The van der Waals surface area contributed by atoms with Gasteiger partial charge in [-0.05, 0) is 0 Å².